The van der Waals surface area contributed by atoms with Gasteiger partial charge in [0.1, 0.15) is 30.2 Å². The van der Waals surface area contributed by atoms with Gasteiger partial charge in [-0.15, -0.1) is 0 Å². The van der Waals surface area contributed by atoms with Crippen molar-refractivity contribution in [3.8, 4) is 0 Å². The first-order valence-corrected chi connectivity index (χ1v) is 18.4. The molecule has 0 amide bonds. The minimum absolute atomic E-state index is 0.00278. The Morgan fingerprint density at radius 3 is 1.88 bits per heavy atom. The number of nitrogens with zero attached hydrogens (tertiary/aromatic N) is 4. The van der Waals surface area contributed by atoms with Crippen LogP contribution >= 0.6 is 45.2 Å². The molecule has 0 spiro atoms. The lowest BCUT2D eigenvalue weighted by molar-refractivity contribution is -0.0459. The fraction of sp³-hybridized carbons (Fsp3) is 0.680. The Morgan fingerprint density at radius 1 is 1.00 bits per heavy atom. The Morgan fingerprint density at radius 2 is 1.46 bits per heavy atom. The van der Waals surface area contributed by atoms with Crippen molar-refractivity contribution in [2.24, 2.45) is 0 Å². The molecule has 2 saturated heterocycles. The lowest BCUT2D eigenvalue weighted by Gasteiger charge is -2.39. The minimum Gasteiger partial charge on any atom is -0.411 e. The van der Waals surface area contributed by atoms with E-state index < -0.39 is 32.4 Å². The predicted molar refractivity (Wildman–Crippen MR) is 174 cm³/mol. The molecule has 2 aliphatic rings. The molecule has 6 atom stereocenters. The van der Waals surface area contributed by atoms with Crippen LogP contribution in [-0.4, -0.2) is 68.7 Å². The Kier molecular flexibility index (Phi) is 11.4. The highest BCUT2D eigenvalue weighted by atomic mass is 127. The van der Waals surface area contributed by atoms with Gasteiger partial charge in [0, 0.05) is 25.2 Å². The number of hydrogen-bond donors (Lipinski definition) is 4. The summed E-state index contributed by atoms with van der Waals surface area (Å²) in [7, 11) is -1.90. The van der Waals surface area contributed by atoms with E-state index in [1.807, 2.05) is 22.6 Å². The number of nitrogens with two attached hydrogens (primary N) is 2. The van der Waals surface area contributed by atoms with Crippen LogP contribution in [0.25, 0.3) is 0 Å². The molecular weight excluding hydrogens is 778 g/mol. The van der Waals surface area contributed by atoms with Crippen LogP contribution in [0.15, 0.2) is 22.0 Å². The quantitative estimate of drug-likeness (QED) is 0.248. The van der Waals surface area contributed by atoms with Crippen LogP contribution in [-0.2, 0) is 13.9 Å². The molecule has 0 radical (unpaired) electrons. The van der Waals surface area contributed by atoms with E-state index >= 15 is 0 Å². The second-order valence-electron chi connectivity index (χ2n) is 11.6. The average molecular weight is 819 g/mol. The number of anilines is 2. The van der Waals surface area contributed by atoms with E-state index in [0.717, 1.165) is 9.99 Å². The zero-order valence-electron chi connectivity index (χ0n) is 24.1. The fourth-order valence-corrected chi connectivity index (χ4v) is 6.49. The maximum absolute atomic E-state index is 12.2. The van der Waals surface area contributed by atoms with E-state index in [9.17, 15) is 14.7 Å². The molecule has 0 saturated carbocycles. The highest BCUT2D eigenvalue weighted by molar-refractivity contribution is 14.1. The Labute approximate surface area is 267 Å². The third kappa shape index (κ3) is 8.06. The molecule has 16 heteroatoms. The number of ether oxygens (including phenoxy) is 2. The van der Waals surface area contributed by atoms with Gasteiger partial charge >= 0.3 is 11.4 Å². The Hall–Kier alpha value is -1.16. The van der Waals surface area contributed by atoms with Crippen LogP contribution in [0, 0.1) is 7.14 Å². The lowest BCUT2D eigenvalue weighted by atomic mass is 10.1. The molecule has 0 unspecified atom stereocenters. The number of halogens is 2. The fourth-order valence-electron chi connectivity index (χ4n) is 4.29. The number of nitrogen functional groups attached to an aromatic ring is 2. The smallest absolute Gasteiger partial charge is 0.351 e. The summed E-state index contributed by atoms with van der Waals surface area (Å²) in [5.74, 6) is 0.431. The van der Waals surface area contributed by atoms with E-state index in [-0.39, 0.29) is 53.8 Å². The molecule has 0 aromatic carbocycles. The van der Waals surface area contributed by atoms with Crippen molar-refractivity contribution in [3.63, 3.8) is 0 Å². The first-order valence-electron chi connectivity index (χ1n) is 13.3. The summed E-state index contributed by atoms with van der Waals surface area (Å²) >= 11 is 4.04. The van der Waals surface area contributed by atoms with Gasteiger partial charge in [0.15, 0.2) is 8.32 Å². The first-order chi connectivity index (χ1) is 19.0. The van der Waals surface area contributed by atoms with Gasteiger partial charge in [-0.1, -0.05) is 27.7 Å². The molecule has 4 heterocycles. The van der Waals surface area contributed by atoms with Gasteiger partial charge < -0.3 is 35.6 Å². The zero-order chi connectivity index (χ0) is 30.9. The summed E-state index contributed by atoms with van der Waals surface area (Å²) in [6, 6.07) is 0. The summed E-state index contributed by atoms with van der Waals surface area (Å²) in [5.41, 5.74) is 10.3. The Bertz CT molecular complexity index is 1330. The summed E-state index contributed by atoms with van der Waals surface area (Å²) < 4.78 is 22.2. The Balaban J connectivity index is 0.000000239. The van der Waals surface area contributed by atoms with Crippen molar-refractivity contribution in [3.05, 3.63) is 40.5 Å². The highest BCUT2D eigenvalue weighted by Gasteiger charge is 2.44. The van der Waals surface area contributed by atoms with Gasteiger partial charge in [0.05, 0.1) is 32.1 Å². The van der Waals surface area contributed by atoms with Crippen molar-refractivity contribution in [1.29, 1.82) is 0 Å². The van der Waals surface area contributed by atoms with Crippen LogP contribution in [0.2, 0.25) is 18.1 Å². The van der Waals surface area contributed by atoms with Crippen molar-refractivity contribution in [1.82, 2.24) is 19.1 Å². The average Bonchev–Trinajstić information content (AvgIpc) is 3.45. The summed E-state index contributed by atoms with van der Waals surface area (Å²) in [6.45, 7) is 13.0. The van der Waals surface area contributed by atoms with Crippen LogP contribution in [0.1, 0.15) is 59.4 Å². The summed E-state index contributed by atoms with van der Waals surface area (Å²) in [4.78, 5) is 31.3. The van der Waals surface area contributed by atoms with E-state index in [4.69, 9.17) is 30.5 Å². The van der Waals surface area contributed by atoms with Crippen molar-refractivity contribution >= 4 is 65.1 Å². The predicted octanol–water partition coefficient (Wildman–Crippen LogP) is 2.59. The number of aliphatic hydroxyl groups excluding tert-OH is 2. The molecule has 2 aliphatic heterocycles. The largest absolute Gasteiger partial charge is 0.411 e. The maximum atomic E-state index is 12.2. The molecule has 0 aliphatic carbocycles. The number of aromatic nitrogens is 4. The molecule has 230 valence electrons. The highest BCUT2D eigenvalue weighted by Crippen LogP contribution is 2.41. The second kappa shape index (κ2) is 13.6. The zero-order valence-corrected chi connectivity index (χ0v) is 29.4. The lowest BCUT2D eigenvalue weighted by Crippen LogP contribution is -2.45. The van der Waals surface area contributed by atoms with Crippen LogP contribution < -0.4 is 22.8 Å². The topological polar surface area (TPSA) is 190 Å². The normalized spacial score (nSPS) is 26.6. The third-order valence-corrected chi connectivity index (χ3v) is 13.9. The number of rotatable bonds is 6. The van der Waals surface area contributed by atoms with Gasteiger partial charge in [0.25, 0.3) is 0 Å². The van der Waals surface area contributed by atoms with E-state index in [2.05, 4.69) is 73.3 Å². The van der Waals surface area contributed by atoms with E-state index in [1.54, 1.807) is 6.20 Å². The van der Waals surface area contributed by atoms with Crippen molar-refractivity contribution in [2.45, 2.75) is 102 Å². The third-order valence-electron chi connectivity index (χ3n) is 7.71. The van der Waals surface area contributed by atoms with Crippen LogP contribution in [0.5, 0.6) is 0 Å². The monoisotopic (exact) mass is 818 g/mol. The summed E-state index contributed by atoms with van der Waals surface area (Å²) in [5, 5.41) is 18.7. The molecule has 0 bridgehead atoms. The van der Waals surface area contributed by atoms with Gasteiger partial charge in [-0.2, -0.15) is 9.97 Å². The molecule has 13 nitrogen and oxygen atoms in total. The standard InChI is InChI=1S/C16H28IN3O3Si.C9H12IN3O4/c1-7-11-12(23-24(5,6)16(2,3)4)8-13(22-11)20-9-10(17)14(18)19-15(20)21;10-4-2-13(9(16)12-8(4)11)7-1-5(15)6(3-14)17-7/h9,11-13H,7-8H2,1-6H3,(H2,18,19,21);2,5-7,14-15H,1,3H2,(H2,11,12,16)/t11-,12-,13-;5-,6-,7-/m11/s1. The molecule has 2 aromatic rings. The summed E-state index contributed by atoms with van der Waals surface area (Å²) in [6.07, 6.45) is 2.59. The molecular formula is C25H40I2N6O7Si. The minimum atomic E-state index is -1.90. The maximum Gasteiger partial charge on any atom is 0.351 e. The molecule has 41 heavy (non-hydrogen) atoms. The first kappa shape index (κ1) is 34.3. The van der Waals surface area contributed by atoms with Gasteiger partial charge in [-0.05, 0) is 69.7 Å². The molecule has 4 rings (SSSR count). The molecule has 6 N–H and O–H groups in total. The van der Waals surface area contributed by atoms with Crippen molar-refractivity contribution < 1.29 is 24.1 Å². The van der Waals surface area contributed by atoms with E-state index in [1.165, 1.54) is 15.3 Å². The van der Waals surface area contributed by atoms with E-state index in [0.29, 0.717) is 9.99 Å². The molecule has 2 aromatic heterocycles. The van der Waals surface area contributed by atoms with Gasteiger partial charge in [-0.3, -0.25) is 9.13 Å². The van der Waals surface area contributed by atoms with Crippen LogP contribution in [0.3, 0.4) is 0 Å². The SMILES string of the molecule is CC[C@H]1O[C@@H](n2cc(I)c(N)nc2=O)C[C@H]1O[Si](C)(C)C(C)(C)C.Nc1nc(=O)n([C@H]2C[C@@H](O)[C@@H](CO)O2)cc1I. The van der Waals surface area contributed by atoms with Gasteiger partial charge in [0.2, 0.25) is 0 Å². The molecule has 2 fully saturated rings. The van der Waals surface area contributed by atoms with Gasteiger partial charge in [-0.25, -0.2) is 9.59 Å². The second-order valence-corrected chi connectivity index (χ2v) is 18.7. The number of hydrogen-bond acceptors (Lipinski definition) is 11. The number of aliphatic hydroxyl groups is 2. The van der Waals surface area contributed by atoms with Crippen LogP contribution in [0.4, 0.5) is 11.6 Å². The van der Waals surface area contributed by atoms with Crippen molar-refractivity contribution in [2.75, 3.05) is 18.1 Å².